The predicted molar refractivity (Wildman–Crippen MR) is 89.5 cm³/mol. The van der Waals surface area contributed by atoms with Crippen molar-refractivity contribution in [3.05, 3.63) is 22.0 Å². The molecule has 0 aromatic rings. The number of amides is 1. The Morgan fingerprint density at radius 2 is 1.46 bits per heavy atom. The molecule has 1 amide bonds. The maximum Gasteiger partial charge on any atom is 0.347 e. The first-order chi connectivity index (χ1) is 10.9. The smallest absolute Gasteiger partial charge is 0.347 e. The van der Waals surface area contributed by atoms with E-state index in [2.05, 4.69) is 0 Å². The highest BCUT2D eigenvalue weighted by Crippen LogP contribution is 2.26. The van der Waals surface area contributed by atoms with Crippen LogP contribution in [0.15, 0.2) is 22.0 Å². The first kappa shape index (κ1) is 20.5. The molecule has 0 radical (unpaired) electrons. The molecule has 1 rings (SSSR count). The van der Waals surface area contributed by atoms with Gasteiger partial charge in [-0.05, 0) is 60.6 Å². The van der Waals surface area contributed by atoms with Crippen LogP contribution >= 0.6 is 0 Å². The van der Waals surface area contributed by atoms with Crippen molar-refractivity contribution in [1.29, 1.82) is 0 Å². The molecular formula is C16H25NO6S. The summed E-state index contributed by atoms with van der Waals surface area (Å²) in [4.78, 5) is 35.3. The highest BCUT2D eigenvalue weighted by Gasteiger charge is 2.36. The summed E-state index contributed by atoms with van der Waals surface area (Å²) < 4.78 is 17.2. The van der Waals surface area contributed by atoms with E-state index in [4.69, 9.17) is 14.4 Å². The zero-order chi connectivity index (χ0) is 18.7. The molecule has 0 aromatic heterocycles. The van der Waals surface area contributed by atoms with Gasteiger partial charge in [0.25, 0.3) is 0 Å². The number of hydroxylamine groups is 2. The molecule has 136 valence electrons. The Labute approximate surface area is 145 Å². The van der Waals surface area contributed by atoms with Crippen molar-refractivity contribution in [2.24, 2.45) is 0 Å². The SMILES string of the molecule is CCOC(=O)C1=CC=C(C(=O)N(OC(C)(C)C)OC(C)(C)C)S1=O. The van der Waals surface area contributed by atoms with Gasteiger partial charge in [0, 0.05) is 0 Å². The molecule has 1 unspecified atom stereocenters. The van der Waals surface area contributed by atoms with Crippen LogP contribution in [0.5, 0.6) is 0 Å². The molecule has 0 N–H and O–H groups in total. The van der Waals surface area contributed by atoms with Crippen molar-refractivity contribution in [1.82, 2.24) is 5.23 Å². The third-order valence-corrected chi connectivity index (χ3v) is 3.76. The molecule has 1 aliphatic heterocycles. The average Bonchev–Trinajstić information content (AvgIpc) is 2.76. The normalized spacial score (nSPS) is 18.0. The largest absolute Gasteiger partial charge is 0.462 e. The van der Waals surface area contributed by atoms with Crippen molar-refractivity contribution in [2.45, 2.75) is 59.7 Å². The lowest BCUT2D eigenvalue weighted by Crippen LogP contribution is -2.44. The summed E-state index contributed by atoms with van der Waals surface area (Å²) in [6.07, 6.45) is 2.63. The Morgan fingerprint density at radius 3 is 1.88 bits per heavy atom. The minimum atomic E-state index is -1.94. The van der Waals surface area contributed by atoms with Gasteiger partial charge in [0.15, 0.2) is 0 Å². The minimum Gasteiger partial charge on any atom is -0.462 e. The molecule has 0 spiro atoms. The predicted octanol–water partition coefficient (Wildman–Crippen LogP) is 2.37. The van der Waals surface area contributed by atoms with Crippen LogP contribution in [-0.4, -0.2) is 39.1 Å². The topological polar surface area (TPSA) is 82.1 Å². The van der Waals surface area contributed by atoms with Crippen LogP contribution in [0.4, 0.5) is 0 Å². The fourth-order valence-corrected chi connectivity index (χ4v) is 2.64. The molecule has 0 saturated carbocycles. The molecule has 0 fully saturated rings. The van der Waals surface area contributed by atoms with Gasteiger partial charge in [-0.1, -0.05) is 5.23 Å². The number of allylic oxidation sites excluding steroid dienone is 2. The fraction of sp³-hybridized carbons (Fsp3) is 0.625. The number of hydrogen-bond acceptors (Lipinski definition) is 6. The van der Waals surface area contributed by atoms with E-state index in [1.54, 1.807) is 48.5 Å². The van der Waals surface area contributed by atoms with Gasteiger partial charge in [-0.25, -0.2) is 18.7 Å². The van der Waals surface area contributed by atoms with E-state index in [0.29, 0.717) is 0 Å². The van der Waals surface area contributed by atoms with Crippen molar-refractivity contribution < 1.29 is 28.2 Å². The van der Waals surface area contributed by atoms with Crippen LogP contribution in [0, 0.1) is 0 Å². The number of esters is 1. The van der Waals surface area contributed by atoms with Crippen LogP contribution in [-0.2, 0) is 34.8 Å². The molecule has 24 heavy (non-hydrogen) atoms. The second-order valence-electron chi connectivity index (χ2n) is 7.02. The van der Waals surface area contributed by atoms with E-state index in [-0.39, 0.29) is 16.4 Å². The number of hydrogen-bond donors (Lipinski definition) is 0. The summed E-state index contributed by atoms with van der Waals surface area (Å²) in [5.74, 6) is -1.44. The summed E-state index contributed by atoms with van der Waals surface area (Å²) in [5.41, 5.74) is -1.42. The van der Waals surface area contributed by atoms with E-state index in [1.165, 1.54) is 12.2 Å². The Kier molecular flexibility index (Phi) is 6.49. The monoisotopic (exact) mass is 359 g/mol. The maximum atomic E-state index is 12.7. The number of carbonyl (C=O) groups excluding carboxylic acids is 2. The highest BCUT2D eigenvalue weighted by molar-refractivity contribution is 7.95. The molecule has 0 aromatic carbocycles. The van der Waals surface area contributed by atoms with E-state index in [1.807, 2.05) is 0 Å². The molecule has 0 aliphatic carbocycles. The Morgan fingerprint density at radius 1 is 1.00 bits per heavy atom. The van der Waals surface area contributed by atoms with Gasteiger partial charge in [0.05, 0.1) is 28.6 Å². The molecule has 0 bridgehead atoms. The van der Waals surface area contributed by atoms with Gasteiger partial charge in [-0.2, -0.15) is 0 Å². The van der Waals surface area contributed by atoms with Crippen LogP contribution in [0.25, 0.3) is 0 Å². The molecule has 1 heterocycles. The van der Waals surface area contributed by atoms with Gasteiger partial charge in [-0.15, -0.1) is 0 Å². The lowest BCUT2D eigenvalue weighted by molar-refractivity contribution is -0.399. The zero-order valence-electron chi connectivity index (χ0n) is 15.2. The lowest BCUT2D eigenvalue weighted by Gasteiger charge is -2.33. The lowest BCUT2D eigenvalue weighted by atomic mass is 10.2. The average molecular weight is 359 g/mol. The summed E-state index contributed by atoms with van der Waals surface area (Å²) in [5, 5.41) is 0.728. The molecule has 8 heteroatoms. The molecular weight excluding hydrogens is 334 g/mol. The van der Waals surface area contributed by atoms with Crippen LogP contribution in [0.2, 0.25) is 0 Å². The molecule has 7 nitrogen and oxygen atoms in total. The van der Waals surface area contributed by atoms with Crippen molar-refractivity contribution in [3.8, 4) is 0 Å². The van der Waals surface area contributed by atoms with Gasteiger partial charge < -0.3 is 4.74 Å². The van der Waals surface area contributed by atoms with Gasteiger partial charge in [-0.3, -0.25) is 4.79 Å². The minimum absolute atomic E-state index is 0.0772. The second-order valence-corrected chi connectivity index (χ2v) is 8.44. The van der Waals surface area contributed by atoms with Crippen LogP contribution in [0.1, 0.15) is 48.5 Å². The highest BCUT2D eigenvalue weighted by atomic mass is 32.2. The van der Waals surface area contributed by atoms with Gasteiger partial charge >= 0.3 is 11.9 Å². The van der Waals surface area contributed by atoms with Crippen LogP contribution < -0.4 is 0 Å². The first-order valence-corrected chi connectivity index (χ1v) is 8.74. The van der Waals surface area contributed by atoms with E-state index >= 15 is 0 Å². The summed E-state index contributed by atoms with van der Waals surface area (Å²) in [6.45, 7) is 12.3. The quantitative estimate of drug-likeness (QED) is 0.554. The number of carbonyl (C=O) groups is 2. The third kappa shape index (κ3) is 5.85. The third-order valence-electron chi connectivity index (χ3n) is 2.35. The number of rotatable bonds is 5. The standard InChI is InChI=1S/C16H25NO6S/c1-8-21-14(19)12-10-9-11(24(12)20)13(18)17(22-15(2,3)4)23-16(5,6)7/h9-10H,8H2,1-7H3. The number of nitrogens with zero attached hydrogens (tertiary/aromatic N) is 1. The second kappa shape index (κ2) is 7.58. The van der Waals surface area contributed by atoms with Crippen molar-refractivity contribution >= 4 is 22.7 Å². The van der Waals surface area contributed by atoms with E-state index < -0.39 is 33.9 Å². The summed E-state index contributed by atoms with van der Waals surface area (Å²) in [6, 6.07) is 0. The molecule has 0 saturated heterocycles. The van der Waals surface area contributed by atoms with Gasteiger partial charge in [0.1, 0.15) is 9.81 Å². The van der Waals surface area contributed by atoms with E-state index in [0.717, 1.165) is 5.23 Å². The molecule has 1 atom stereocenters. The summed E-state index contributed by atoms with van der Waals surface area (Å²) >= 11 is 0. The number of ether oxygens (including phenoxy) is 1. The van der Waals surface area contributed by atoms with Crippen LogP contribution in [0.3, 0.4) is 0 Å². The van der Waals surface area contributed by atoms with Gasteiger partial charge in [0.2, 0.25) is 0 Å². The van der Waals surface area contributed by atoms with E-state index in [9.17, 15) is 13.8 Å². The Bertz CT molecular complexity index is 579. The zero-order valence-corrected chi connectivity index (χ0v) is 16.0. The Hall–Kier alpha value is -1.51. The summed E-state index contributed by atoms with van der Waals surface area (Å²) in [7, 11) is -1.94. The van der Waals surface area contributed by atoms with Crippen molar-refractivity contribution in [2.75, 3.05) is 6.61 Å². The Balaban J connectivity index is 2.97. The molecule has 1 aliphatic rings. The fourth-order valence-electron chi connectivity index (χ4n) is 1.58. The maximum absolute atomic E-state index is 12.7. The first-order valence-electron chi connectivity index (χ1n) is 7.59. The van der Waals surface area contributed by atoms with Crippen molar-refractivity contribution in [3.63, 3.8) is 0 Å².